The van der Waals surface area contributed by atoms with Crippen LogP contribution in [-0.2, 0) is 16.4 Å². The van der Waals surface area contributed by atoms with Crippen LogP contribution >= 0.6 is 11.5 Å². The molecule has 0 bridgehead atoms. The molecule has 1 heterocycles. The van der Waals surface area contributed by atoms with E-state index in [1.54, 1.807) is 18.2 Å². The van der Waals surface area contributed by atoms with Crippen molar-refractivity contribution in [1.29, 1.82) is 0 Å². The monoisotopic (exact) mass is 324 g/mol. The van der Waals surface area contributed by atoms with Gasteiger partial charge in [0.05, 0.1) is 4.90 Å². The highest BCUT2D eigenvalue weighted by Gasteiger charge is 2.15. The van der Waals surface area contributed by atoms with E-state index < -0.39 is 10.0 Å². The van der Waals surface area contributed by atoms with Crippen molar-refractivity contribution in [2.45, 2.75) is 38.5 Å². The molecule has 0 amide bonds. The fourth-order valence-corrected chi connectivity index (χ4v) is 3.46. The number of nitrogens with zero attached hydrogens (tertiary/aromatic N) is 1. The van der Waals surface area contributed by atoms with E-state index in [0.717, 1.165) is 23.3 Å². The summed E-state index contributed by atoms with van der Waals surface area (Å²) in [5.41, 5.74) is 1.16. The minimum absolute atomic E-state index is 0.265. The molecule has 2 aromatic rings. The topological polar surface area (TPSA) is 59.1 Å². The van der Waals surface area contributed by atoms with Gasteiger partial charge in [-0.25, -0.2) is 8.42 Å². The van der Waals surface area contributed by atoms with Gasteiger partial charge in [0.1, 0.15) is 0 Å². The van der Waals surface area contributed by atoms with Crippen LogP contribution in [0.3, 0.4) is 0 Å². The van der Waals surface area contributed by atoms with Crippen LogP contribution in [0.1, 0.15) is 30.7 Å². The van der Waals surface area contributed by atoms with Crippen LogP contribution in [0.15, 0.2) is 35.2 Å². The van der Waals surface area contributed by atoms with E-state index in [4.69, 9.17) is 0 Å². The third-order valence-electron chi connectivity index (χ3n) is 3.11. The van der Waals surface area contributed by atoms with Gasteiger partial charge in [-0.2, -0.15) is 4.37 Å². The quantitative estimate of drug-likeness (QED) is 0.878. The number of aryl methyl sites for hydroxylation is 2. The largest absolute Gasteiger partial charge is 0.263 e. The number of hydrogen-bond acceptors (Lipinski definition) is 4. The zero-order chi connectivity index (χ0) is 15.5. The molecule has 0 aliphatic rings. The van der Waals surface area contributed by atoms with E-state index in [1.807, 2.05) is 19.1 Å². The van der Waals surface area contributed by atoms with Crippen LogP contribution in [0.4, 0.5) is 5.82 Å². The molecule has 0 fully saturated rings. The number of anilines is 1. The number of sulfonamides is 1. The standard InChI is InChI=1S/C15H20N2O2S2/c1-11(2)4-5-13-6-8-14(9-7-13)21(18,19)17-15-10-12(3)20-16-15/h6-11H,4-5H2,1-3H3,(H,16,17). The zero-order valence-electron chi connectivity index (χ0n) is 12.5. The van der Waals surface area contributed by atoms with E-state index in [0.29, 0.717) is 11.7 Å². The highest BCUT2D eigenvalue weighted by atomic mass is 32.2. The molecular weight excluding hydrogens is 304 g/mol. The van der Waals surface area contributed by atoms with E-state index in [9.17, 15) is 8.42 Å². The van der Waals surface area contributed by atoms with Crippen molar-refractivity contribution in [2.24, 2.45) is 5.92 Å². The van der Waals surface area contributed by atoms with Crippen molar-refractivity contribution in [3.63, 3.8) is 0 Å². The van der Waals surface area contributed by atoms with Crippen LogP contribution in [0.2, 0.25) is 0 Å². The van der Waals surface area contributed by atoms with E-state index in [-0.39, 0.29) is 4.90 Å². The Hall–Kier alpha value is -1.40. The maximum atomic E-state index is 12.2. The minimum atomic E-state index is -3.55. The summed E-state index contributed by atoms with van der Waals surface area (Å²) in [6, 6.07) is 8.78. The predicted octanol–water partition coefficient (Wildman–Crippen LogP) is 3.84. The molecule has 0 radical (unpaired) electrons. The lowest BCUT2D eigenvalue weighted by atomic mass is 10.0. The van der Waals surface area contributed by atoms with E-state index in [2.05, 4.69) is 22.9 Å². The van der Waals surface area contributed by atoms with Crippen molar-refractivity contribution >= 4 is 27.4 Å². The summed E-state index contributed by atoms with van der Waals surface area (Å²) in [7, 11) is -3.55. The third-order valence-corrected chi connectivity index (χ3v) is 5.18. The van der Waals surface area contributed by atoms with Crippen molar-refractivity contribution in [2.75, 3.05) is 4.72 Å². The Kier molecular flexibility index (Phi) is 5.00. The van der Waals surface area contributed by atoms with Crippen LogP contribution in [-0.4, -0.2) is 12.8 Å². The number of aromatic nitrogens is 1. The molecule has 0 atom stereocenters. The summed E-state index contributed by atoms with van der Waals surface area (Å²) in [4.78, 5) is 1.23. The van der Waals surface area contributed by atoms with Crippen LogP contribution in [0, 0.1) is 12.8 Å². The minimum Gasteiger partial charge on any atom is -0.262 e. The number of hydrogen-bond donors (Lipinski definition) is 1. The molecule has 0 aliphatic carbocycles. The first kappa shape index (κ1) is 16.0. The molecule has 0 saturated carbocycles. The SMILES string of the molecule is Cc1cc(NS(=O)(=O)c2ccc(CCC(C)C)cc2)ns1. The lowest BCUT2D eigenvalue weighted by Crippen LogP contribution is -2.13. The second kappa shape index (κ2) is 6.58. The van der Waals surface area contributed by atoms with Gasteiger partial charge in [-0.05, 0) is 61.0 Å². The molecule has 1 aromatic carbocycles. The van der Waals surface area contributed by atoms with Crippen molar-refractivity contribution < 1.29 is 8.42 Å². The molecule has 21 heavy (non-hydrogen) atoms. The van der Waals surface area contributed by atoms with Crippen LogP contribution in [0.25, 0.3) is 0 Å². The first-order valence-electron chi connectivity index (χ1n) is 6.92. The molecule has 0 saturated heterocycles. The highest BCUT2D eigenvalue weighted by Crippen LogP contribution is 2.19. The fraction of sp³-hybridized carbons (Fsp3) is 0.400. The van der Waals surface area contributed by atoms with E-state index >= 15 is 0 Å². The number of nitrogens with one attached hydrogen (secondary N) is 1. The average molecular weight is 324 g/mol. The predicted molar refractivity (Wildman–Crippen MR) is 87.3 cm³/mol. The normalized spacial score (nSPS) is 11.8. The molecule has 114 valence electrons. The smallest absolute Gasteiger partial charge is 0.262 e. The van der Waals surface area contributed by atoms with Gasteiger partial charge in [-0.15, -0.1) is 0 Å². The van der Waals surface area contributed by atoms with Gasteiger partial charge >= 0.3 is 0 Å². The zero-order valence-corrected chi connectivity index (χ0v) is 14.1. The molecule has 4 nitrogen and oxygen atoms in total. The van der Waals surface area contributed by atoms with Gasteiger partial charge in [0.2, 0.25) is 0 Å². The highest BCUT2D eigenvalue weighted by molar-refractivity contribution is 7.92. The lowest BCUT2D eigenvalue weighted by Gasteiger charge is -2.08. The first-order chi connectivity index (χ1) is 9.87. The molecule has 1 N–H and O–H groups in total. The second-order valence-electron chi connectivity index (χ2n) is 5.50. The second-order valence-corrected chi connectivity index (χ2v) is 8.20. The van der Waals surface area contributed by atoms with Crippen LogP contribution < -0.4 is 4.72 Å². The Bertz CT molecular complexity index is 689. The summed E-state index contributed by atoms with van der Waals surface area (Å²) in [6.45, 7) is 6.25. The number of rotatable bonds is 6. The molecule has 0 aliphatic heterocycles. The summed E-state index contributed by atoms with van der Waals surface area (Å²) in [5.74, 6) is 1.02. The summed E-state index contributed by atoms with van der Waals surface area (Å²) in [5, 5.41) is 0. The summed E-state index contributed by atoms with van der Waals surface area (Å²) >= 11 is 1.28. The van der Waals surface area contributed by atoms with Gasteiger partial charge in [0.25, 0.3) is 10.0 Å². The van der Waals surface area contributed by atoms with Crippen molar-refractivity contribution in [1.82, 2.24) is 4.37 Å². The fourth-order valence-electron chi connectivity index (χ4n) is 1.90. The Labute approximate surface area is 130 Å². The van der Waals surface area contributed by atoms with Crippen molar-refractivity contribution in [3.05, 3.63) is 40.8 Å². The van der Waals surface area contributed by atoms with Crippen molar-refractivity contribution in [3.8, 4) is 0 Å². The Morgan fingerprint density at radius 2 is 1.90 bits per heavy atom. The van der Waals surface area contributed by atoms with Gasteiger partial charge in [-0.1, -0.05) is 26.0 Å². The van der Waals surface area contributed by atoms with Gasteiger partial charge in [0.15, 0.2) is 5.82 Å². The van der Waals surface area contributed by atoms with Gasteiger partial charge in [-0.3, -0.25) is 4.72 Å². The number of benzene rings is 1. The molecular formula is C15H20N2O2S2. The Balaban J connectivity index is 2.09. The maximum absolute atomic E-state index is 12.2. The Morgan fingerprint density at radius 1 is 1.24 bits per heavy atom. The summed E-state index contributed by atoms with van der Waals surface area (Å²) in [6.07, 6.45) is 2.07. The van der Waals surface area contributed by atoms with Gasteiger partial charge in [0, 0.05) is 4.88 Å². The molecule has 0 unspecified atom stereocenters. The Morgan fingerprint density at radius 3 is 2.43 bits per heavy atom. The maximum Gasteiger partial charge on any atom is 0.263 e. The molecule has 0 spiro atoms. The third kappa shape index (κ3) is 4.54. The molecule has 2 rings (SSSR count). The summed E-state index contributed by atoms with van der Waals surface area (Å²) < 4.78 is 31.0. The lowest BCUT2D eigenvalue weighted by molar-refractivity contribution is 0.586. The van der Waals surface area contributed by atoms with Gasteiger partial charge < -0.3 is 0 Å². The molecule has 1 aromatic heterocycles. The first-order valence-corrected chi connectivity index (χ1v) is 9.17. The van der Waals surface area contributed by atoms with E-state index in [1.165, 1.54) is 11.5 Å². The molecule has 6 heteroatoms. The van der Waals surface area contributed by atoms with Crippen LogP contribution in [0.5, 0.6) is 0 Å². The average Bonchev–Trinajstić information content (AvgIpc) is 2.81.